The minimum atomic E-state index is -0.762. The van der Waals surface area contributed by atoms with Crippen LogP contribution in [0.1, 0.15) is 40.0 Å². The minimum Gasteiger partial charge on any atom is -0.395 e. The van der Waals surface area contributed by atoms with Crippen LogP contribution in [0.3, 0.4) is 0 Å². The highest BCUT2D eigenvalue weighted by Crippen LogP contribution is 2.37. The Labute approximate surface area is 143 Å². The highest BCUT2D eigenvalue weighted by molar-refractivity contribution is 6.08. The highest BCUT2D eigenvalue weighted by atomic mass is 16.3. The van der Waals surface area contributed by atoms with Crippen molar-refractivity contribution in [2.24, 2.45) is 17.8 Å². The number of fused-ring (bicyclic) bond motifs is 1. The molecule has 3 unspecified atom stereocenters. The maximum absolute atomic E-state index is 12.9. The fraction of sp³-hybridized carbons (Fsp3) is 0.722. The summed E-state index contributed by atoms with van der Waals surface area (Å²) in [6.07, 6.45) is 5.48. The normalized spacial score (nSPS) is 24.5. The van der Waals surface area contributed by atoms with Crippen LogP contribution in [0, 0.1) is 17.8 Å². The summed E-state index contributed by atoms with van der Waals surface area (Å²) in [5.74, 6) is -1.14. The Balaban J connectivity index is 2.29. The number of likely N-dealkylation sites (tertiary alicyclic amines) is 1. The van der Waals surface area contributed by atoms with Crippen molar-refractivity contribution >= 4 is 17.7 Å². The Morgan fingerprint density at radius 2 is 1.79 bits per heavy atom. The van der Waals surface area contributed by atoms with Gasteiger partial charge >= 0.3 is 0 Å². The van der Waals surface area contributed by atoms with Crippen molar-refractivity contribution in [1.29, 1.82) is 0 Å². The number of allylic oxidation sites excluding steroid dienone is 2. The molecule has 6 nitrogen and oxygen atoms in total. The lowest BCUT2D eigenvalue weighted by molar-refractivity contribution is -0.152. The number of amides is 3. The van der Waals surface area contributed by atoms with Crippen LogP contribution in [0.15, 0.2) is 12.2 Å². The molecule has 0 spiro atoms. The Kier molecular flexibility index (Phi) is 6.15. The summed E-state index contributed by atoms with van der Waals surface area (Å²) in [5, 5.41) is 9.17. The molecule has 0 aromatic rings. The van der Waals surface area contributed by atoms with Gasteiger partial charge in [-0.25, -0.2) is 0 Å². The zero-order valence-electron chi connectivity index (χ0n) is 14.8. The van der Waals surface area contributed by atoms with Crippen molar-refractivity contribution in [2.45, 2.75) is 46.1 Å². The second kappa shape index (κ2) is 7.92. The van der Waals surface area contributed by atoms with Gasteiger partial charge in [-0.15, -0.1) is 0 Å². The lowest BCUT2D eigenvalue weighted by atomic mass is 9.85. The summed E-state index contributed by atoms with van der Waals surface area (Å²) in [6, 6.07) is -0.762. The van der Waals surface area contributed by atoms with E-state index in [0.29, 0.717) is 25.8 Å². The average Bonchev–Trinajstić information content (AvgIpc) is 2.81. The van der Waals surface area contributed by atoms with Crippen LogP contribution in [0.25, 0.3) is 0 Å². The number of aliphatic hydroxyl groups excluding tert-OH is 1. The largest absolute Gasteiger partial charge is 0.395 e. The van der Waals surface area contributed by atoms with Crippen molar-refractivity contribution in [1.82, 2.24) is 9.80 Å². The minimum absolute atomic E-state index is 0.134. The number of aliphatic hydroxyl groups is 1. The van der Waals surface area contributed by atoms with Gasteiger partial charge in [0.2, 0.25) is 17.7 Å². The summed E-state index contributed by atoms with van der Waals surface area (Å²) in [5.41, 5.74) is 0. The highest BCUT2D eigenvalue weighted by Gasteiger charge is 2.51. The topological polar surface area (TPSA) is 77.9 Å². The third-order valence-corrected chi connectivity index (χ3v) is 4.90. The predicted octanol–water partition coefficient (Wildman–Crippen LogP) is 1.19. The summed E-state index contributed by atoms with van der Waals surface area (Å²) in [4.78, 5) is 41.3. The molecule has 0 bridgehead atoms. The molecule has 1 fully saturated rings. The van der Waals surface area contributed by atoms with E-state index in [4.69, 9.17) is 5.11 Å². The first-order valence-corrected chi connectivity index (χ1v) is 8.83. The van der Waals surface area contributed by atoms with Gasteiger partial charge in [0.05, 0.1) is 18.4 Å². The van der Waals surface area contributed by atoms with Gasteiger partial charge < -0.3 is 10.0 Å². The van der Waals surface area contributed by atoms with Crippen LogP contribution in [-0.2, 0) is 14.4 Å². The molecule has 1 N–H and O–H groups in total. The molecule has 3 atom stereocenters. The van der Waals surface area contributed by atoms with E-state index in [1.54, 1.807) is 0 Å². The first-order valence-electron chi connectivity index (χ1n) is 8.83. The standard InChI is InChI=1S/C18H28N2O4/c1-4-19(9-10-21)18(24)15(11-12(2)3)20-16(22)13-7-5-6-8-14(13)17(20)23/h5-6,12-15,21H,4,7-11H2,1-3H3. The molecular formula is C18H28N2O4. The summed E-state index contributed by atoms with van der Waals surface area (Å²) >= 11 is 0. The van der Waals surface area contributed by atoms with E-state index in [2.05, 4.69) is 0 Å². The number of hydrogen-bond acceptors (Lipinski definition) is 4. The molecule has 2 rings (SSSR count). The van der Waals surface area contributed by atoms with Gasteiger partial charge in [-0.1, -0.05) is 26.0 Å². The van der Waals surface area contributed by atoms with Crippen molar-refractivity contribution in [3.63, 3.8) is 0 Å². The third-order valence-electron chi connectivity index (χ3n) is 4.90. The zero-order valence-corrected chi connectivity index (χ0v) is 14.8. The summed E-state index contributed by atoms with van der Waals surface area (Å²) < 4.78 is 0. The number of hydrogen-bond donors (Lipinski definition) is 1. The summed E-state index contributed by atoms with van der Waals surface area (Å²) in [7, 11) is 0. The van der Waals surface area contributed by atoms with E-state index < -0.39 is 6.04 Å². The van der Waals surface area contributed by atoms with E-state index in [1.165, 1.54) is 9.80 Å². The molecule has 24 heavy (non-hydrogen) atoms. The second-order valence-electron chi connectivity index (χ2n) is 6.99. The van der Waals surface area contributed by atoms with Gasteiger partial charge in [-0.3, -0.25) is 19.3 Å². The van der Waals surface area contributed by atoms with Crippen molar-refractivity contribution in [2.75, 3.05) is 19.7 Å². The molecule has 3 amide bonds. The average molecular weight is 336 g/mol. The molecule has 134 valence electrons. The molecule has 0 aromatic heterocycles. The molecule has 6 heteroatoms. The molecule has 0 aromatic carbocycles. The second-order valence-corrected chi connectivity index (χ2v) is 6.99. The van der Waals surface area contributed by atoms with E-state index in [1.807, 2.05) is 32.9 Å². The molecule has 1 heterocycles. The number of rotatable bonds is 7. The van der Waals surface area contributed by atoms with E-state index in [0.717, 1.165) is 0 Å². The van der Waals surface area contributed by atoms with E-state index in [-0.39, 0.29) is 48.6 Å². The van der Waals surface area contributed by atoms with Crippen LogP contribution < -0.4 is 0 Å². The fourth-order valence-electron chi connectivity index (χ4n) is 3.65. The zero-order chi connectivity index (χ0) is 17.9. The van der Waals surface area contributed by atoms with E-state index >= 15 is 0 Å². The van der Waals surface area contributed by atoms with Crippen molar-refractivity contribution in [3.8, 4) is 0 Å². The van der Waals surface area contributed by atoms with Crippen molar-refractivity contribution in [3.05, 3.63) is 12.2 Å². The molecular weight excluding hydrogens is 308 g/mol. The van der Waals surface area contributed by atoms with Gasteiger partial charge in [0, 0.05) is 13.1 Å². The van der Waals surface area contributed by atoms with Crippen LogP contribution in [-0.4, -0.2) is 58.4 Å². The number of likely N-dealkylation sites (N-methyl/N-ethyl adjacent to an activating group) is 1. The van der Waals surface area contributed by atoms with Gasteiger partial charge in [-0.2, -0.15) is 0 Å². The number of imide groups is 1. The Hall–Kier alpha value is -1.69. The van der Waals surface area contributed by atoms with Crippen LogP contribution in [0.2, 0.25) is 0 Å². The smallest absolute Gasteiger partial charge is 0.245 e. The van der Waals surface area contributed by atoms with Crippen LogP contribution >= 0.6 is 0 Å². The van der Waals surface area contributed by atoms with Gasteiger partial charge in [0.1, 0.15) is 6.04 Å². The molecule has 1 saturated heterocycles. The molecule has 0 radical (unpaired) electrons. The lowest BCUT2D eigenvalue weighted by Crippen LogP contribution is -2.52. The quantitative estimate of drug-likeness (QED) is 0.560. The van der Waals surface area contributed by atoms with Crippen LogP contribution in [0.4, 0.5) is 0 Å². The van der Waals surface area contributed by atoms with E-state index in [9.17, 15) is 14.4 Å². The Morgan fingerprint density at radius 1 is 1.25 bits per heavy atom. The predicted molar refractivity (Wildman–Crippen MR) is 89.8 cm³/mol. The summed E-state index contributed by atoms with van der Waals surface area (Å²) in [6.45, 7) is 6.31. The molecule has 1 aliphatic heterocycles. The van der Waals surface area contributed by atoms with Crippen molar-refractivity contribution < 1.29 is 19.5 Å². The third kappa shape index (κ3) is 3.53. The number of carbonyl (C=O) groups excluding carboxylic acids is 3. The van der Waals surface area contributed by atoms with Gasteiger partial charge in [0.15, 0.2) is 0 Å². The first-order chi connectivity index (χ1) is 11.4. The number of nitrogens with zero attached hydrogens (tertiary/aromatic N) is 2. The molecule has 0 saturated carbocycles. The SMILES string of the molecule is CCN(CCO)C(=O)C(CC(C)C)N1C(=O)C2CC=CCC2C1=O. The fourth-order valence-corrected chi connectivity index (χ4v) is 3.65. The maximum atomic E-state index is 12.9. The van der Waals surface area contributed by atoms with Crippen LogP contribution in [0.5, 0.6) is 0 Å². The molecule has 1 aliphatic carbocycles. The lowest BCUT2D eigenvalue weighted by Gasteiger charge is -2.32. The number of carbonyl (C=O) groups is 3. The van der Waals surface area contributed by atoms with Gasteiger partial charge in [-0.05, 0) is 32.1 Å². The first kappa shape index (κ1) is 18.6. The Morgan fingerprint density at radius 3 is 2.21 bits per heavy atom. The Bertz CT molecular complexity index is 503. The monoisotopic (exact) mass is 336 g/mol. The maximum Gasteiger partial charge on any atom is 0.245 e. The van der Waals surface area contributed by atoms with Gasteiger partial charge in [0.25, 0.3) is 0 Å². The molecule has 2 aliphatic rings.